The minimum Gasteiger partial charge on any atom is -0.497 e. The number of methoxy groups -OCH3 is 1. The molecule has 168 valence electrons. The number of hydrogen-bond donors (Lipinski definition) is 0. The lowest BCUT2D eigenvalue weighted by molar-refractivity contribution is 0.00191. The van der Waals surface area contributed by atoms with Gasteiger partial charge in [0, 0.05) is 13.1 Å². The Morgan fingerprint density at radius 1 is 0.848 bits per heavy atom. The third kappa shape index (κ3) is 3.15. The summed E-state index contributed by atoms with van der Waals surface area (Å²) < 4.78 is 22.8. The monoisotopic (exact) mass is 441 g/mol. The summed E-state index contributed by atoms with van der Waals surface area (Å²) in [6.45, 7) is 5.80. The molecule has 6 rings (SSSR count). The van der Waals surface area contributed by atoms with Crippen LogP contribution in [0.15, 0.2) is 66.7 Å². The van der Waals surface area contributed by atoms with Crippen LogP contribution in [0.4, 0.5) is 0 Å². The van der Waals surface area contributed by atoms with E-state index >= 15 is 0 Å². The molecule has 1 saturated heterocycles. The lowest BCUT2D eigenvalue weighted by Crippen LogP contribution is -2.49. The van der Waals surface area contributed by atoms with E-state index in [-0.39, 0.29) is 12.3 Å². The molecule has 0 bridgehead atoms. The van der Waals surface area contributed by atoms with Crippen molar-refractivity contribution in [2.45, 2.75) is 12.5 Å². The zero-order valence-electron chi connectivity index (χ0n) is 19.0. The van der Waals surface area contributed by atoms with E-state index in [1.54, 1.807) is 7.11 Å². The third-order valence-electron chi connectivity index (χ3n) is 7.13. The Labute approximate surface area is 194 Å². The highest BCUT2D eigenvalue weighted by molar-refractivity contribution is 6.07. The molecule has 0 N–H and O–H groups in total. The van der Waals surface area contributed by atoms with Crippen molar-refractivity contribution in [1.29, 1.82) is 0 Å². The molecule has 0 aromatic heterocycles. The summed E-state index contributed by atoms with van der Waals surface area (Å²) in [6.07, 6.45) is 0. The number of morpholine rings is 1. The van der Waals surface area contributed by atoms with Crippen LogP contribution in [0.5, 0.6) is 17.2 Å². The SMILES string of the molecule is COc1ccc(C2=C(c3ccccc3)c3cc4c(cc3C2(C)N2CCOCC2)OCO4)cc1. The predicted octanol–water partition coefficient (Wildman–Crippen LogP) is 4.94. The zero-order valence-corrected chi connectivity index (χ0v) is 19.0. The van der Waals surface area contributed by atoms with Crippen LogP contribution >= 0.6 is 0 Å². The van der Waals surface area contributed by atoms with Crippen molar-refractivity contribution in [3.8, 4) is 17.2 Å². The van der Waals surface area contributed by atoms with Crippen LogP contribution in [0.2, 0.25) is 0 Å². The summed E-state index contributed by atoms with van der Waals surface area (Å²) >= 11 is 0. The lowest BCUT2D eigenvalue weighted by Gasteiger charge is -2.43. The fraction of sp³-hybridized carbons (Fsp3) is 0.286. The molecule has 5 heteroatoms. The van der Waals surface area contributed by atoms with Crippen LogP contribution in [0, 0.1) is 0 Å². The minimum absolute atomic E-state index is 0.266. The number of hydrogen-bond acceptors (Lipinski definition) is 5. The van der Waals surface area contributed by atoms with Gasteiger partial charge in [-0.05, 0) is 64.6 Å². The Kier molecular flexibility index (Phi) is 4.89. The molecule has 3 aliphatic rings. The molecule has 3 aromatic rings. The van der Waals surface area contributed by atoms with Gasteiger partial charge < -0.3 is 18.9 Å². The molecule has 0 amide bonds. The molecule has 3 aromatic carbocycles. The van der Waals surface area contributed by atoms with Crippen LogP contribution < -0.4 is 14.2 Å². The molecule has 0 radical (unpaired) electrons. The van der Waals surface area contributed by atoms with Gasteiger partial charge in [-0.1, -0.05) is 42.5 Å². The van der Waals surface area contributed by atoms with Crippen LogP contribution in [0.3, 0.4) is 0 Å². The second-order valence-corrected chi connectivity index (χ2v) is 8.77. The molecule has 0 spiro atoms. The summed E-state index contributed by atoms with van der Waals surface area (Å²) in [6, 6.07) is 23.4. The molecule has 1 unspecified atom stereocenters. The molecule has 5 nitrogen and oxygen atoms in total. The Morgan fingerprint density at radius 3 is 2.24 bits per heavy atom. The maximum atomic E-state index is 5.82. The smallest absolute Gasteiger partial charge is 0.231 e. The molecule has 1 aliphatic carbocycles. The van der Waals surface area contributed by atoms with Crippen LogP contribution in [0.1, 0.15) is 29.2 Å². The van der Waals surface area contributed by atoms with Crippen molar-refractivity contribution in [3.05, 3.63) is 89.0 Å². The number of fused-ring (bicyclic) bond motifs is 2. The second kappa shape index (κ2) is 7.94. The Hall–Kier alpha value is -3.28. The van der Waals surface area contributed by atoms with Crippen LogP contribution in [-0.4, -0.2) is 45.1 Å². The zero-order chi connectivity index (χ0) is 22.4. The van der Waals surface area contributed by atoms with Crippen molar-refractivity contribution in [2.24, 2.45) is 0 Å². The quantitative estimate of drug-likeness (QED) is 0.573. The standard InChI is InChI=1S/C28H27NO4/c1-28(29-12-14-31-15-13-29)23-17-25-24(32-18-33-25)16-22(23)26(19-6-4-3-5-7-19)27(28)20-8-10-21(30-2)11-9-20/h3-11,16-17H,12-15,18H2,1-2H3. The Bertz CT molecular complexity index is 1210. The van der Waals surface area contributed by atoms with Gasteiger partial charge in [-0.25, -0.2) is 0 Å². The molecule has 1 fully saturated rings. The summed E-state index contributed by atoms with van der Waals surface area (Å²) in [5, 5.41) is 0. The van der Waals surface area contributed by atoms with E-state index in [2.05, 4.69) is 66.4 Å². The first-order valence-corrected chi connectivity index (χ1v) is 11.4. The van der Waals surface area contributed by atoms with Gasteiger partial charge in [0.05, 0.1) is 25.9 Å². The van der Waals surface area contributed by atoms with E-state index < -0.39 is 0 Å². The Morgan fingerprint density at radius 2 is 1.55 bits per heavy atom. The van der Waals surface area contributed by atoms with Crippen molar-refractivity contribution in [2.75, 3.05) is 40.2 Å². The van der Waals surface area contributed by atoms with Crippen LogP contribution in [-0.2, 0) is 10.3 Å². The van der Waals surface area contributed by atoms with Gasteiger partial charge in [0.2, 0.25) is 6.79 Å². The fourth-order valence-corrected chi connectivity index (χ4v) is 5.49. The first kappa shape index (κ1) is 20.3. The lowest BCUT2D eigenvalue weighted by atomic mass is 9.81. The van der Waals surface area contributed by atoms with Gasteiger partial charge in [0.15, 0.2) is 11.5 Å². The van der Waals surface area contributed by atoms with Crippen molar-refractivity contribution < 1.29 is 18.9 Å². The number of ether oxygens (including phenoxy) is 4. The van der Waals surface area contributed by atoms with Crippen molar-refractivity contribution in [3.63, 3.8) is 0 Å². The highest BCUT2D eigenvalue weighted by Crippen LogP contribution is 2.57. The summed E-state index contributed by atoms with van der Waals surface area (Å²) in [7, 11) is 1.70. The summed E-state index contributed by atoms with van der Waals surface area (Å²) in [5.74, 6) is 2.48. The molecule has 2 aliphatic heterocycles. The maximum Gasteiger partial charge on any atom is 0.231 e. The maximum absolute atomic E-state index is 5.82. The normalized spacial score (nSPS) is 21.9. The molecular weight excluding hydrogens is 414 g/mol. The molecule has 2 heterocycles. The van der Waals surface area contributed by atoms with Crippen LogP contribution in [0.25, 0.3) is 11.1 Å². The van der Waals surface area contributed by atoms with E-state index in [9.17, 15) is 0 Å². The predicted molar refractivity (Wildman–Crippen MR) is 128 cm³/mol. The van der Waals surface area contributed by atoms with Gasteiger partial charge in [-0.3, -0.25) is 4.90 Å². The highest BCUT2D eigenvalue weighted by Gasteiger charge is 2.48. The molecule has 33 heavy (non-hydrogen) atoms. The largest absolute Gasteiger partial charge is 0.497 e. The fourth-order valence-electron chi connectivity index (χ4n) is 5.49. The Balaban J connectivity index is 1.66. The van der Waals surface area contributed by atoms with Gasteiger partial charge in [-0.2, -0.15) is 0 Å². The number of benzene rings is 3. The molecule has 1 atom stereocenters. The van der Waals surface area contributed by atoms with Gasteiger partial charge >= 0.3 is 0 Å². The van der Waals surface area contributed by atoms with E-state index in [1.807, 2.05) is 12.1 Å². The number of rotatable bonds is 4. The van der Waals surface area contributed by atoms with E-state index in [0.717, 1.165) is 43.6 Å². The van der Waals surface area contributed by atoms with Gasteiger partial charge in [0.25, 0.3) is 0 Å². The van der Waals surface area contributed by atoms with E-state index in [4.69, 9.17) is 18.9 Å². The van der Waals surface area contributed by atoms with E-state index in [0.29, 0.717) is 0 Å². The first-order chi connectivity index (χ1) is 16.2. The third-order valence-corrected chi connectivity index (χ3v) is 7.13. The summed E-state index contributed by atoms with van der Waals surface area (Å²) in [5.41, 5.74) is 7.01. The average molecular weight is 442 g/mol. The van der Waals surface area contributed by atoms with Gasteiger partial charge in [-0.15, -0.1) is 0 Å². The second-order valence-electron chi connectivity index (χ2n) is 8.77. The highest BCUT2D eigenvalue weighted by atomic mass is 16.7. The number of nitrogens with zero attached hydrogens (tertiary/aromatic N) is 1. The van der Waals surface area contributed by atoms with Crippen molar-refractivity contribution in [1.82, 2.24) is 4.90 Å². The molecular formula is C28H27NO4. The minimum atomic E-state index is -0.347. The molecule has 0 saturated carbocycles. The van der Waals surface area contributed by atoms with Gasteiger partial charge in [0.1, 0.15) is 5.75 Å². The summed E-state index contributed by atoms with van der Waals surface area (Å²) in [4.78, 5) is 2.55. The first-order valence-electron chi connectivity index (χ1n) is 11.4. The topological polar surface area (TPSA) is 40.2 Å². The average Bonchev–Trinajstić information content (AvgIpc) is 3.44. The van der Waals surface area contributed by atoms with E-state index in [1.165, 1.54) is 33.4 Å². The van der Waals surface area contributed by atoms with Crippen molar-refractivity contribution >= 4 is 11.1 Å².